The maximum Gasteiger partial charge on any atom is 0.258 e. The summed E-state index contributed by atoms with van der Waals surface area (Å²) in [5.74, 6) is 0.109. The second-order valence-corrected chi connectivity index (χ2v) is 4.48. The van der Waals surface area contributed by atoms with Crippen molar-refractivity contribution in [2.75, 3.05) is 25.2 Å². The van der Waals surface area contributed by atoms with Crippen molar-refractivity contribution in [1.29, 1.82) is 0 Å². The number of anilines is 1. The van der Waals surface area contributed by atoms with Gasteiger partial charge in [0.2, 0.25) is 0 Å². The summed E-state index contributed by atoms with van der Waals surface area (Å²) in [6.45, 7) is 1.39. The first-order valence-corrected chi connectivity index (χ1v) is 6.15. The number of carbonyl (C=O) groups excluding carboxylic acids is 1. The van der Waals surface area contributed by atoms with Crippen molar-refractivity contribution in [2.24, 2.45) is 0 Å². The maximum absolute atomic E-state index is 12.4. The van der Waals surface area contributed by atoms with E-state index in [1.54, 1.807) is 7.11 Å². The van der Waals surface area contributed by atoms with Gasteiger partial charge in [-0.25, -0.2) is 0 Å². The number of benzene rings is 2. The lowest BCUT2D eigenvalue weighted by Crippen LogP contribution is -2.28. The fourth-order valence-corrected chi connectivity index (χ4v) is 2.57. The van der Waals surface area contributed by atoms with Crippen LogP contribution in [0, 0.1) is 0 Å². The standard InChI is InChI=1S/C15H15NO2/c1-18-10-4-9-16-13-8-3-6-11-5-2-7-12(14(11)13)15(16)17/h2-3,5-8H,4,9-10H2,1H3. The van der Waals surface area contributed by atoms with Crippen LogP contribution in [0.25, 0.3) is 10.8 Å². The molecule has 0 unspecified atom stereocenters. The second-order valence-electron chi connectivity index (χ2n) is 4.48. The first kappa shape index (κ1) is 11.2. The zero-order valence-electron chi connectivity index (χ0n) is 10.3. The van der Waals surface area contributed by atoms with Crippen molar-refractivity contribution in [3.05, 3.63) is 42.0 Å². The van der Waals surface area contributed by atoms with Gasteiger partial charge in [-0.3, -0.25) is 4.79 Å². The van der Waals surface area contributed by atoms with Crippen LogP contribution in [-0.4, -0.2) is 26.2 Å². The van der Waals surface area contributed by atoms with Gasteiger partial charge in [0, 0.05) is 31.2 Å². The molecule has 3 rings (SSSR count). The molecule has 3 nitrogen and oxygen atoms in total. The number of rotatable bonds is 4. The molecule has 0 spiro atoms. The van der Waals surface area contributed by atoms with Crippen molar-refractivity contribution in [3.63, 3.8) is 0 Å². The molecular formula is C15H15NO2. The third-order valence-electron chi connectivity index (χ3n) is 3.38. The summed E-state index contributed by atoms with van der Waals surface area (Å²) in [4.78, 5) is 14.2. The summed E-state index contributed by atoms with van der Waals surface area (Å²) in [5.41, 5.74) is 1.85. The summed E-state index contributed by atoms with van der Waals surface area (Å²) < 4.78 is 5.05. The second kappa shape index (κ2) is 4.42. The molecule has 18 heavy (non-hydrogen) atoms. The fraction of sp³-hybridized carbons (Fsp3) is 0.267. The Morgan fingerprint density at radius 3 is 2.72 bits per heavy atom. The van der Waals surface area contributed by atoms with Crippen LogP contribution < -0.4 is 4.90 Å². The molecule has 0 bridgehead atoms. The Bertz CT molecular complexity index is 601. The van der Waals surface area contributed by atoms with Crippen LogP contribution in [0.5, 0.6) is 0 Å². The third-order valence-corrected chi connectivity index (χ3v) is 3.38. The fourth-order valence-electron chi connectivity index (χ4n) is 2.57. The van der Waals surface area contributed by atoms with E-state index in [-0.39, 0.29) is 5.91 Å². The van der Waals surface area contributed by atoms with Crippen molar-refractivity contribution >= 4 is 22.4 Å². The van der Waals surface area contributed by atoms with E-state index in [4.69, 9.17) is 4.74 Å². The minimum Gasteiger partial charge on any atom is -0.385 e. The molecule has 0 N–H and O–H groups in total. The van der Waals surface area contributed by atoms with Crippen LogP contribution in [0.1, 0.15) is 16.8 Å². The molecule has 1 heterocycles. The molecule has 0 saturated carbocycles. The van der Waals surface area contributed by atoms with Crippen LogP contribution in [0.3, 0.4) is 0 Å². The molecule has 92 valence electrons. The maximum atomic E-state index is 12.4. The lowest BCUT2D eigenvalue weighted by Gasteiger charge is -2.17. The van der Waals surface area contributed by atoms with E-state index >= 15 is 0 Å². The SMILES string of the molecule is COCCCN1C(=O)c2cccc3cccc1c23. The monoisotopic (exact) mass is 241 g/mol. The number of ether oxygens (including phenoxy) is 1. The molecule has 2 aromatic carbocycles. The van der Waals surface area contributed by atoms with E-state index in [9.17, 15) is 4.79 Å². The van der Waals surface area contributed by atoms with Gasteiger partial charge in [-0.1, -0.05) is 24.3 Å². The largest absolute Gasteiger partial charge is 0.385 e. The predicted octanol–water partition coefficient (Wildman–Crippen LogP) is 2.84. The van der Waals surface area contributed by atoms with E-state index in [1.165, 1.54) is 0 Å². The number of amides is 1. The molecule has 0 atom stereocenters. The van der Waals surface area contributed by atoms with Crippen LogP contribution in [-0.2, 0) is 4.74 Å². The lowest BCUT2D eigenvalue weighted by atomic mass is 10.1. The van der Waals surface area contributed by atoms with Crippen LogP contribution in [0.15, 0.2) is 36.4 Å². The van der Waals surface area contributed by atoms with Crippen molar-refractivity contribution in [3.8, 4) is 0 Å². The van der Waals surface area contributed by atoms with E-state index in [0.717, 1.165) is 28.4 Å². The normalized spacial score (nSPS) is 13.6. The first-order chi connectivity index (χ1) is 8.83. The van der Waals surface area contributed by atoms with E-state index in [0.29, 0.717) is 13.2 Å². The summed E-state index contributed by atoms with van der Waals surface area (Å²) in [7, 11) is 1.68. The Labute approximate surface area is 106 Å². The average molecular weight is 241 g/mol. The molecule has 0 saturated heterocycles. The van der Waals surface area contributed by atoms with Gasteiger partial charge in [0.05, 0.1) is 5.69 Å². The van der Waals surface area contributed by atoms with Gasteiger partial charge in [0.15, 0.2) is 0 Å². The highest BCUT2D eigenvalue weighted by molar-refractivity contribution is 6.24. The zero-order valence-corrected chi connectivity index (χ0v) is 10.3. The molecule has 1 aliphatic heterocycles. The van der Waals surface area contributed by atoms with Crippen molar-refractivity contribution < 1.29 is 9.53 Å². The van der Waals surface area contributed by atoms with Crippen molar-refractivity contribution in [1.82, 2.24) is 0 Å². The minimum absolute atomic E-state index is 0.109. The molecule has 3 heteroatoms. The molecule has 0 radical (unpaired) electrons. The third kappa shape index (κ3) is 1.59. The van der Waals surface area contributed by atoms with Gasteiger partial charge >= 0.3 is 0 Å². The molecule has 1 aliphatic rings. The Morgan fingerprint density at radius 2 is 1.94 bits per heavy atom. The van der Waals surface area contributed by atoms with Crippen LogP contribution in [0.4, 0.5) is 5.69 Å². The zero-order chi connectivity index (χ0) is 12.5. The number of nitrogens with zero attached hydrogens (tertiary/aromatic N) is 1. The smallest absolute Gasteiger partial charge is 0.258 e. The number of hydrogen-bond donors (Lipinski definition) is 0. The summed E-state index contributed by atoms with van der Waals surface area (Å²) in [6, 6.07) is 12.0. The Hall–Kier alpha value is -1.87. The van der Waals surface area contributed by atoms with E-state index in [2.05, 4.69) is 0 Å². The minimum atomic E-state index is 0.109. The van der Waals surface area contributed by atoms with Gasteiger partial charge in [-0.2, -0.15) is 0 Å². The van der Waals surface area contributed by atoms with Gasteiger partial charge in [0.25, 0.3) is 5.91 Å². The van der Waals surface area contributed by atoms with Gasteiger partial charge < -0.3 is 9.64 Å². The Kier molecular flexibility index (Phi) is 2.76. The van der Waals surface area contributed by atoms with Gasteiger partial charge in [0.1, 0.15) is 0 Å². The molecule has 0 aliphatic carbocycles. The predicted molar refractivity (Wildman–Crippen MR) is 72.1 cm³/mol. The van der Waals surface area contributed by atoms with E-state index < -0.39 is 0 Å². The summed E-state index contributed by atoms with van der Waals surface area (Å²) in [6.07, 6.45) is 0.854. The molecule has 2 aromatic rings. The number of hydrogen-bond acceptors (Lipinski definition) is 2. The molecule has 1 amide bonds. The molecule has 0 aromatic heterocycles. The lowest BCUT2D eigenvalue weighted by molar-refractivity contribution is 0.0990. The first-order valence-electron chi connectivity index (χ1n) is 6.15. The number of carbonyl (C=O) groups is 1. The highest BCUT2D eigenvalue weighted by atomic mass is 16.5. The van der Waals surface area contributed by atoms with Gasteiger partial charge in [-0.05, 0) is 23.9 Å². The molecular weight excluding hydrogens is 226 g/mol. The highest BCUT2D eigenvalue weighted by Crippen LogP contribution is 2.36. The topological polar surface area (TPSA) is 29.5 Å². The Balaban J connectivity index is 2.03. The summed E-state index contributed by atoms with van der Waals surface area (Å²) in [5, 5.41) is 2.22. The summed E-state index contributed by atoms with van der Waals surface area (Å²) >= 11 is 0. The van der Waals surface area contributed by atoms with Gasteiger partial charge in [-0.15, -0.1) is 0 Å². The highest BCUT2D eigenvalue weighted by Gasteiger charge is 2.28. The quantitative estimate of drug-likeness (QED) is 0.770. The van der Waals surface area contributed by atoms with Crippen LogP contribution >= 0.6 is 0 Å². The Morgan fingerprint density at radius 1 is 1.17 bits per heavy atom. The number of methoxy groups -OCH3 is 1. The average Bonchev–Trinajstić information content (AvgIpc) is 2.67. The molecule has 0 fully saturated rings. The van der Waals surface area contributed by atoms with Crippen LogP contribution in [0.2, 0.25) is 0 Å². The van der Waals surface area contributed by atoms with Crippen molar-refractivity contribution in [2.45, 2.75) is 6.42 Å². The van der Waals surface area contributed by atoms with E-state index in [1.807, 2.05) is 41.3 Å².